The molecule has 3 aromatic rings. The second kappa shape index (κ2) is 10.3. The van der Waals surface area contributed by atoms with Crippen LogP contribution < -0.4 is 10.1 Å². The van der Waals surface area contributed by atoms with Crippen LogP contribution >= 0.6 is 11.8 Å². The van der Waals surface area contributed by atoms with Crippen molar-refractivity contribution in [3.63, 3.8) is 0 Å². The summed E-state index contributed by atoms with van der Waals surface area (Å²) in [4.78, 5) is 16.1. The Morgan fingerprint density at radius 2 is 1.96 bits per heavy atom. The lowest BCUT2D eigenvalue weighted by Crippen LogP contribution is -2.29. The summed E-state index contributed by atoms with van der Waals surface area (Å²) in [7, 11) is 0. The van der Waals surface area contributed by atoms with Crippen molar-refractivity contribution in [2.24, 2.45) is 0 Å². The van der Waals surface area contributed by atoms with Gasteiger partial charge in [-0.05, 0) is 24.3 Å². The Bertz CT molecular complexity index is 899. The highest BCUT2D eigenvalue weighted by molar-refractivity contribution is 7.99. The molecule has 28 heavy (non-hydrogen) atoms. The predicted molar refractivity (Wildman–Crippen MR) is 109 cm³/mol. The molecule has 0 bridgehead atoms. The van der Waals surface area contributed by atoms with Crippen LogP contribution in [-0.2, 0) is 11.3 Å². The van der Waals surface area contributed by atoms with E-state index in [-0.39, 0.29) is 11.7 Å². The molecule has 1 N–H and O–H groups in total. The number of pyridine rings is 1. The number of nitrogens with zero attached hydrogens (tertiary/aromatic N) is 4. The fourth-order valence-corrected chi connectivity index (χ4v) is 3.24. The third kappa shape index (κ3) is 5.43. The highest BCUT2D eigenvalue weighted by Crippen LogP contribution is 2.23. The van der Waals surface area contributed by atoms with E-state index in [1.807, 2.05) is 47.0 Å². The maximum atomic E-state index is 12.1. The number of benzene rings is 1. The number of para-hydroxylation sites is 1. The summed E-state index contributed by atoms with van der Waals surface area (Å²) in [6.07, 6.45) is 5.19. The van der Waals surface area contributed by atoms with Gasteiger partial charge in [-0.25, -0.2) is 0 Å². The maximum absolute atomic E-state index is 12.1. The Hall–Kier alpha value is -3.13. The molecule has 0 saturated heterocycles. The molecule has 2 aromatic heterocycles. The Balaban J connectivity index is 1.50. The van der Waals surface area contributed by atoms with Gasteiger partial charge >= 0.3 is 0 Å². The van der Waals surface area contributed by atoms with Crippen molar-refractivity contribution in [1.29, 1.82) is 0 Å². The van der Waals surface area contributed by atoms with Crippen LogP contribution in [0, 0.1) is 0 Å². The molecule has 0 unspecified atom stereocenters. The SMILES string of the molecule is C=CCn1c(SCC(=O)NCCOc2ccccc2)nnc1-c1ccncc1. The molecule has 144 valence electrons. The van der Waals surface area contributed by atoms with Crippen LogP contribution in [0.15, 0.2) is 72.7 Å². The van der Waals surface area contributed by atoms with E-state index in [1.165, 1.54) is 11.8 Å². The molecule has 0 fully saturated rings. The molecule has 8 heteroatoms. The molecule has 1 amide bonds. The van der Waals surface area contributed by atoms with E-state index in [0.717, 1.165) is 17.1 Å². The number of hydrogen-bond donors (Lipinski definition) is 1. The average Bonchev–Trinajstić information content (AvgIpc) is 3.14. The Kier molecular flexibility index (Phi) is 7.20. The van der Waals surface area contributed by atoms with Crippen molar-refractivity contribution in [2.75, 3.05) is 18.9 Å². The number of thioether (sulfide) groups is 1. The first-order chi connectivity index (χ1) is 13.8. The number of allylic oxidation sites excluding steroid dienone is 1. The molecule has 0 atom stereocenters. The van der Waals surface area contributed by atoms with Crippen molar-refractivity contribution in [2.45, 2.75) is 11.7 Å². The van der Waals surface area contributed by atoms with Crippen LogP contribution in [0.25, 0.3) is 11.4 Å². The zero-order chi connectivity index (χ0) is 19.6. The van der Waals surface area contributed by atoms with Gasteiger partial charge in [0.05, 0.1) is 12.3 Å². The molecule has 0 radical (unpaired) electrons. The van der Waals surface area contributed by atoms with Crippen LogP contribution in [0.2, 0.25) is 0 Å². The standard InChI is InChI=1S/C20H21N5O2S/c1-2-13-25-19(16-8-10-21-11-9-16)23-24-20(25)28-15-18(26)22-12-14-27-17-6-4-3-5-7-17/h2-11H,1,12-15H2,(H,22,26). The molecule has 3 rings (SSSR count). The van der Waals surface area contributed by atoms with Crippen LogP contribution in [0.1, 0.15) is 0 Å². The highest BCUT2D eigenvalue weighted by Gasteiger charge is 2.14. The van der Waals surface area contributed by atoms with Crippen molar-refractivity contribution in [3.8, 4) is 17.1 Å². The topological polar surface area (TPSA) is 81.9 Å². The summed E-state index contributed by atoms with van der Waals surface area (Å²) in [6.45, 7) is 5.20. The minimum absolute atomic E-state index is 0.0831. The second-order valence-electron chi connectivity index (χ2n) is 5.74. The number of nitrogens with one attached hydrogen (secondary N) is 1. The van der Waals surface area contributed by atoms with Crippen molar-refractivity contribution in [3.05, 3.63) is 67.5 Å². The third-order valence-electron chi connectivity index (χ3n) is 3.74. The number of ether oxygens (including phenoxy) is 1. The monoisotopic (exact) mass is 395 g/mol. The normalized spacial score (nSPS) is 10.4. The summed E-state index contributed by atoms with van der Waals surface area (Å²) in [5.41, 5.74) is 0.915. The van der Waals surface area contributed by atoms with E-state index < -0.39 is 0 Å². The van der Waals surface area contributed by atoms with Crippen LogP contribution in [0.4, 0.5) is 0 Å². The molecule has 1 aromatic carbocycles. The van der Waals surface area contributed by atoms with Gasteiger partial charge in [-0.3, -0.25) is 14.3 Å². The van der Waals surface area contributed by atoms with Crippen molar-refractivity contribution >= 4 is 17.7 Å². The highest BCUT2D eigenvalue weighted by atomic mass is 32.2. The number of carbonyl (C=O) groups is 1. The van der Waals surface area contributed by atoms with Crippen molar-refractivity contribution < 1.29 is 9.53 Å². The van der Waals surface area contributed by atoms with Gasteiger partial charge < -0.3 is 10.1 Å². The molecule has 0 spiro atoms. The predicted octanol–water partition coefficient (Wildman–Crippen LogP) is 2.81. The summed E-state index contributed by atoms with van der Waals surface area (Å²) >= 11 is 1.34. The van der Waals surface area contributed by atoms with E-state index in [1.54, 1.807) is 18.5 Å². The van der Waals surface area contributed by atoms with Gasteiger partial charge in [0, 0.05) is 24.5 Å². The number of aromatic nitrogens is 4. The van der Waals surface area contributed by atoms with Crippen molar-refractivity contribution in [1.82, 2.24) is 25.1 Å². The smallest absolute Gasteiger partial charge is 0.230 e. The number of hydrogen-bond acceptors (Lipinski definition) is 6. The van der Waals surface area contributed by atoms with E-state index in [9.17, 15) is 4.79 Å². The first-order valence-corrected chi connectivity index (χ1v) is 9.78. The average molecular weight is 395 g/mol. The van der Waals surface area contributed by atoms with Gasteiger partial charge in [-0.2, -0.15) is 0 Å². The van der Waals surface area contributed by atoms with Gasteiger partial charge in [0.25, 0.3) is 0 Å². The minimum atomic E-state index is -0.0831. The van der Waals surface area contributed by atoms with Gasteiger partial charge in [0.2, 0.25) is 5.91 Å². The molecule has 0 aliphatic carbocycles. The molecule has 0 saturated carbocycles. The zero-order valence-electron chi connectivity index (χ0n) is 15.3. The first-order valence-electron chi connectivity index (χ1n) is 8.80. The molecule has 0 aliphatic heterocycles. The molecule has 2 heterocycles. The Morgan fingerprint density at radius 1 is 1.18 bits per heavy atom. The second-order valence-corrected chi connectivity index (χ2v) is 6.68. The van der Waals surface area contributed by atoms with E-state index in [0.29, 0.717) is 24.9 Å². The van der Waals surface area contributed by atoms with Crippen LogP contribution in [0.3, 0.4) is 0 Å². The minimum Gasteiger partial charge on any atom is -0.492 e. The number of rotatable bonds is 10. The molecular weight excluding hydrogens is 374 g/mol. The largest absolute Gasteiger partial charge is 0.492 e. The molecular formula is C20H21N5O2S. The third-order valence-corrected chi connectivity index (χ3v) is 4.70. The van der Waals surface area contributed by atoms with E-state index >= 15 is 0 Å². The lowest BCUT2D eigenvalue weighted by atomic mass is 10.2. The fourth-order valence-electron chi connectivity index (χ4n) is 2.46. The lowest BCUT2D eigenvalue weighted by Gasteiger charge is -2.09. The zero-order valence-corrected chi connectivity index (χ0v) is 16.1. The Labute approximate surface area is 167 Å². The summed E-state index contributed by atoms with van der Waals surface area (Å²) in [5, 5.41) is 12.0. The maximum Gasteiger partial charge on any atom is 0.230 e. The quantitative estimate of drug-likeness (QED) is 0.323. The number of carbonyl (C=O) groups excluding carboxylic acids is 1. The molecule has 0 aliphatic rings. The fraction of sp³-hybridized carbons (Fsp3) is 0.200. The van der Waals surface area contributed by atoms with Crippen LogP contribution in [-0.4, -0.2) is 44.6 Å². The molecule has 7 nitrogen and oxygen atoms in total. The van der Waals surface area contributed by atoms with Gasteiger partial charge in [0.15, 0.2) is 11.0 Å². The summed E-state index contributed by atoms with van der Waals surface area (Å²) in [6, 6.07) is 13.2. The van der Waals surface area contributed by atoms with Crippen LogP contribution in [0.5, 0.6) is 5.75 Å². The Morgan fingerprint density at radius 3 is 2.71 bits per heavy atom. The van der Waals surface area contributed by atoms with Gasteiger partial charge in [-0.15, -0.1) is 16.8 Å². The van der Waals surface area contributed by atoms with E-state index in [4.69, 9.17) is 4.74 Å². The lowest BCUT2D eigenvalue weighted by molar-refractivity contribution is -0.118. The first kappa shape index (κ1) is 19.6. The van der Waals surface area contributed by atoms with E-state index in [2.05, 4.69) is 27.1 Å². The summed E-state index contributed by atoms with van der Waals surface area (Å²) in [5.74, 6) is 1.67. The van der Waals surface area contributed by atoms with Gasteiger partial charge in [-0.1, -0.05) is 36.0 Å². The van der Waals surface area contributed by atoms with Gasteiger partial charge in [0.1, 0.15) is 12.4 Å². The number of amides is 1. The summed E-state index contributed by atoms with van der Waals surface area (Å²) < 4.78 is 7.49.